The van der Waals surface area contributed by atoms with Gasteiger partial charge in [-0.2, -0.15) is 0 Å². The second-order valence-electron chi connectivity index (χ2n) is 3.34. The predicted molar refractivity (Wildman–Crippen MR) is 58.6 cm³/mol. The van der Waals surface area contributed by atoms with Gasteiger partial charge in [0.2, 0.25) is 11.7 Å². The Kier molecular flexibility index (Phi) is 2.85. The normalized spacial score (nSPS) is 10.5. The van der Waals surface area contributed by atoms with Crippen molar-refractivity contribution in [1.82, 2.24) is 4.98 Å². The van der Waals surface area contributed by atoms with Crippen LogP contribution in [-0.4, -0.2) is 16.1 Å². The van der Waals surface area contributed by atoms with Gasteiger partial charge in [0.25, 0.3) is 0 Å². The fourth-order valence-corrected chi connectivity index (χ4v) is 1.65. The average molecular weight is 256 g/mol. The SMILES string of the molecule is Cc1nc(-c2c(F)cccc2Cl)oc1C(=O)O. The number of rotatable bonds is 2. The van der Waals surface area contributed by atoms with Crippen molar-refractivity contribution in [3.63, 3.8) is 0 Å². The topological polar surface area (TPSA) is 63.3 Å². The third kappa shape index (κ3) is 2.01. The Hall–Kier alpha value is -1.88. The van der Waals surface area contributed by atoms with Crippen molar-refractivity contribution in [1.29, 1.82) is 0 Å². The molecule has 0 aliphatic rings. The zero-order chi connectivity index (χ0) is 12.6. The summed E-state index contributed by atoms with van der Waals surface area (Å²) in [7, 11) is 0. The lowest BCUT2D eigenvalue weighted by Gasteiger charge is -2.00. The summed E-state index contributed by atoms with van der Waals surface area (Å²) in [5, 5.41) is 8.92. The Balaban J connectivity index is 2.62. The number of aromatic nitrogens is 1. The Bertz CT molecular complexity index is 574. The molecule has 0 aliphatic heterocycles. The summed E-state index contributed by atoms with van der Waals surface area (Å²) in [4.78, 5) is 14.6. The number of aryl methyl sites for hydroxylation is 1. The Morgan fingerprint density at radius 2 is 2.24 bits per heavy atom. The lowest BCUT2D eigenvalue weighted by molar-refractivity contribution is 0.0662. The van der Waals surface area contributed by atoms with Gasteiger partial charge < -0.3 is 9.52 Å². The van der Waals surface area contributed by atoms with E-state index < -0.39 is 11.8 Å². The second kappa shape index (κ2) is 4.18. The number of oxazole rings is 1. The number of benzene rings is 1. The fraction of sp³-hybridized carbons (Fsp3) is 0.0909. The maximum Gasteiger partial charge on any atom is 0.373 e. The van der Waals surface area contributed by atoms with Crippen LogP contribution in [0.4, 0.5) is 4.39 Å². The second-order valence-corrected chi connectivity index (χ2v) is 3.74. The van der Waals surface area contributed by atoms with Gasteiger partial charge in [-0.25, -0.2) is 14.2 Å². The molecule has 0 saturated carbocycles. The van der Waals surface area contributed by atoms with Crippen molar-refractivity contribution < 1.29 is 18.7 Å². The first kappa shape index (κ1) is 11.6. The van der Waals surface area contributed by atoms with E-state index in [4.69, 9.17) is 21.1 Å². The molecule has 88 valence electrons. The van der Waals surface area contributed by atoms with Crippen LogP contribution in [0.25, 0.3) is 11.5 Å². The van der Waals surface area contributed by atoms with E-state index in [0.717, 1.165) is 0 Å². The lowest BCUT2D eigenvalue weighted by atomic mass is 10.2. The first-order valence-corrected chi connectivity index (χ1v) is 5.03. The van der Waals surface area contributed by atoms with Crippen molar-refractivity contribution in [2.24, 2.45) is 0 Å². The minimum atomic E-state index is -1.26. The molecule has 0 spiro atoms. The summed E-state index contributed by atoms with van der Waals surface area (Å²) in [6, 6.07) is 4.11. The molecule has 1 N–H and O–H groups in total. The standard InChI is InChI=1S/C11H7ClFNO3/c1-5-9(11(15)16)17-10(14-5)8-6(12)3-2-4-7(8)13/h2-4H,1H3,(H,15,16). The highest BCUT2D eigenvalue weighted by Gasteiger charge is 2.20. The summed E-state index contributed by atoms with van der Waals surface area (Å²) < 4.78 is 18.5. The van der Waals surface area contributed by atoms with Gasteiger partial charge in [-0.15, -0.1) is 0 Å². The van der Waals surface area contributed by atoms with Crippen molar-refractivity contribution in [2.75, 3.05) is 0 Å². The predicted octanol–water partition coefficient (Wildman–Crippen LogP) is 3.14. The molecule has 2 rings (SSSR count). The third-order valence-corrected chi connectivity index (χ3v) is 2.48. The Labute approximate surface area is 101 Å². The highest BCUT2D eigenvalue weighted by molar-refractivity contribution is 6.33. The van der Waals surface area contributed by atoms with Crippen molar-refractivity contribution in [3.8, 4) is 11.5 Å². The van der Waals surface area contributed by atoms with Crippen molar-refractivity contribution in [2.45, 2.75) is 6.92 Å². The molecule has 0 saturated heterocycles. The molecule has 0 unspecified atom stereocenters. The number of hydrogen-bond acceptors (Lipinski definition) is 3. The molecule has 4 nitrogen and oxygen atoms in total. The van der Waals surface area contributed by atoms with Crippen LogP contribution >= 0.6 is 11.6 Å². The van der Waals surface area contributed by atoms with Crippen LogP contribution in [0.15, 0.2) is 22.6 Å². The van der Waals surface area contributed by atoms with Gasteiger partial charge in [0.15, 0.2) is 0 Å². The Morgan fingerprint density at radius 1 is 1.53 bits per heavy atom. The number of hydrogen-bond donors (Lipinski definition) is 1. The molecule has 1 aromatic carbocycles. The first-order valence-electron chi connectivity index (χ1n) is 4.66. The molecule has 0 fully saturated rings. The van der Waals surface area contributed by atoms with Crippen molar-refractivity contribution >= 4 is 17.6 Å². The number of halogens is 2. The van der Waals surface area contributed by atoms with E-state index in [1.807, 2.05) is 0 Å². The number of carboxylic acid groups (broad SMARTS) is 1. The number of aromatic carboxylic acids is 1. The third-order valence-electron chi connectivity index (χ3n) is 2.17. The minimum absolute atomic E-state index is 0.0373. The molecule has 0 bridgehead atoms. The maximum atomic E-state index is 13.5. The Morgan fingerprint density at radius 3 is 2.76 bits per heavy atom. The van der Waals surface area contributed by atoms with Crippen LogP contribution in [0.3, 0.4) is 0 Å². The van der Waals surface area contributed by atoms with Crippen LogP contribution in [0.1, 0.15) is 16.2 Å². The molecule has 1 heterocycles. The van der Waals surface area contributed by atoms with E-state index in [1.54, 1.807) is 0 Å². The maximum absolute atomic E-state index is 13.5. The smallest absolute Gasteiger partial charge is 0.373 e. The number of nitrogens with zero attached hydrogens (tertiary/aromatic N) is 1. The molecule has 17 heavy (non-hydrogen) atoms. The van der Waals surface area contributed by atoms with E-state index in [-0.39, 0.29) is 27.9 Å². The summed E-state index contributed by atoms with van der Waals surface area (Å²) >= 11 is 5.82. The van der Waals surface area contributed by atoms with Gasteiger partial charge in [0.05, 0.1) is 16.3 Å². The lowest BCUT2D eigenvalue weighted by Crippen LogP contribution is -1.95. The van der Waals surface area contributed by atoms with E-state index in [2.05, 4.69) is 4.98 Å². The van der Waals surface area contributed by atoms with E-state index in [0.29, 0.717) is 0 Å². The zero-order valence-electron chi connectivity index (χ0n) is 8.70. The molecule has 0 atom stereocenters. The first-order chi connectivity index (χ1) is 8.00. The zero-order valence-corrected chi connectivity index (χ0v) is 9.45. The van der Waals surface area contributed by atoms with Gasteiger partial charge in [-0.3, -0.25) is 0 Å². The van der Waals surface area contributed by atoms with Gasteiger partial charge in [-0.1, -0.05) is 17.7 Å². The molecule has 0 radical (unpaired) electrons. The van der Waals surface area contributed by atoms with Gasteiger partial charge in [0, 0.05) is 0 Å². The summed E-state index contributed by atoms with van der Waals surface area (Å²) in [6.07, 6.45) is 0. The molecule has 0 amide bonds. The largest absolute Gasteiger partial charge is 0.475 e. The number of carboxylic acids is 1. The van der Waals surface area contributed by atoms with E-state index >= 15 is 0 Å². The average Bonchev–Trinajstić information content (AvgIpc) is 2.60. The van der Waals surface area contributed by atoms with E-state index in [1.165, 1.54) is 25.1 Å². The van der Waals surface area contributed by atoms with Crippen LogP contribution in [0.2, 0.25) is 5.02 Å². The van der Waals surface area contributed by atoms with E-state index in [9.17, 15) is 9.18 Å². The number of carbonyl (C=O) groups is 1. The summed E-state index contributed by atoms with van der Waals surface area (Å²) in [5.74, 6) is -2.33. The molecule has 1 aromatic heterocycles. The monoisotopic (exact) mass is 255 g/mol. The highest BCUT2D eigenvalue weighted by atomic mass is 35.5. The van der Waals surface area contributed by atoms with Gasteiger partial charge >= 0.3 is 5.97 Å². The quantitative estimate of drug-likeness (QED) is 0.895. The summed E-state index contributed by atoms with van der Waals surface area (Å²) in [6.45, 7) is 1.46. The molecular formula is C11H7ClFNO3. The molecular weight excluding hydrogens is 249 g/mol. The van der Waals surface area contributed by atoms with Crippen LogP contribution < -0.4 is 0 Å². The molecule has 6 heteroatoms. The van der Waals surface area contributed by atoms with Gasteiger partial charge in [0.1, 0.15) is 5.82 Å². The van der Waals surface area contributed by atoms with Crippen LogP contribution in [0.5, 0.6) is 0 Å². The van der Waals surface area contributed by atoms with Crippen LogP contribution in [-0.2, 0) is 0 Å². The fourth-order valence-electron chi connectivity index (χ4n) is 1.40. The minimum Gasteiger partial charge on any atom is -0.475 e. The van der Waals surface area contributed by atoms with Gasteiger partial charge in [-0.05, 0) is 19.1 Å². The van der Waals surface area contributed by atoms with Crippen LogP contribution in [0, 0.1) is 12.7 Å². The highest BCUT2D eigenvalue weighted by Crippen LogP contribution is 2.31. The molecule has 0 aliphatic carbocycles. The summed E-state index contributed by atoms with van der Waals surface area (Å²) in [5.41, 5.74) is 0.136. The van der Waals surface area contributed by atoms with Crippen molar-refractivity contribution in [3.05, 3.63) is 40.5 Å². The molecule has 2 aromatic rings.